The SMILES string of the molecule is O=C(NCc1nnc2n1CCC2)Nc1cccc(COC2CCCCC2)c1. The third kappa shape index (κ3) is 4.66. The van der Waals surface area contributed by atoms with Crippen LogP contribution in [0.15, 0.2) is 24.3 Å². The Morgan fingerprint density at radius 3 is 2.96 bits per heavy atom. The average Bonchev–Trinajstić information content (AvgIpc) is 3.30. The summed E-state index contributed by atoms with van der Waals surface area (Å²) >= 11 is 0. The first kappa shape index (κ1) is 18.0. The summed E-state index contributed by atoms with van der Waals surface area (Å²) in [5, 5.41) is 14.1. The van der Waals surface area contributed by atoms with Gasteiger partial charge in [-0.2, -0.15) is 0 Å². The summed E-state index contributed by atoms with van der Waals surface area (Å²) in [6.07, 6.45) is 8.62. The lowest BCUT2D eigenvalue weighted by Gasteiger charge is -2.22. The topological polar surface area (TPSA) is 81.1 Å². The van der Waals surface area contributed by atoms with Crippen molar-refractivity contribution < 1.29 is 9.53 Å². The number of aryl methyl sites for hydroxylation is 1. The van der Waals surface area contributed by atoms with E-state index in [1.165, 1.54) is 19.3 Å². The summed E-state index contributed by atoms with van der Waals surface area (Å²) in [7, 11) is 0. The molecule has 0 radical (unpaired) electrons. The molecule has 4 rings (SSSR count). The van der Waals surface area contributed by atoms with Crippen molar-refractivity contribution in [1.82, 2.24) is 20.1 Å². The molecule has 1 saturated carbocycles. The minimum absolute atomic E-state index is 0.240. The van der Waals surface area contributed by atoms with Crippen LogP contribution >= 0.6 is 0 Å². The molecule has 0 spiro atoms. The molecule has 1 aromatic heterocycles. The quantitative estimate of drug-likeness (QED) is 0.818. The third-order valence-electron chi connectivity index (χ3n) is 5.32. The minimum atomic E-state index is -0.240. The molecular weight excluding hydrogens is 342 g/mol. The second-order valence-electron chi connectivity index (χ2n) is 7.37. The van der Waals surface area contributed by atoms with E-state index in [2.05, 4.69) is 25.4 Å². The predicted molar refractivity (Wildman–Crippen MR) is 102 cm³/mol. The number of nitrogens with zero attached hydrogens (tertiary/aromatic N) is 3. The molecule has 1 aliphatic heterocycles. The smallest absolute Gasteiger partial charge is 0.319 e. The normalized spacial score (nSPS) is 16.9. The zero-order chi connectivity index (χ0) is 18.5. The highest BCUT2D eigenvalue weighted by molar-refractivity contribution is 5.89. The lowest BCUT2D eigenvalue weighted by Crippen LogP contribution is -2.29. The van der Waals surface area contributed by atoms with Gasteiger partial charge in [-0.05, 0) is 37.0 Å². The number of ether oxygens (including phenoxy) is 1. The van der Waals surface area contributed by atoms with E-state index in [1.54, 1.807) is 0 Å². The summed E-state index contributed by atoms with van der Waals surface area (Å²) in [4.78, 5) is 12.2. The van der Waals surface area contributed by atoms with Crippen molar-refractivity contribution in [2.75, 3.05) is 5.32 Å². The highest BCUT2D eigenvalue weighted by atomic mass is 16.5. The molecule has 2 aliphatic rings. The third-order valence-corrected chi connectivity index (χ3v) is 5.32. The van der Waals surface area contributed by atoms with Gasteiger partial charge in [0.1, 0.15) is 5.82 Å². The monoisotopic (exact) mass is 369 g/mol. The van der Waals surface area contributed by atoms with Crippen LogP contribution in [0.5, 0.6) is 0 Å². The van der Waals surface area contributed by atoms with Crippen LogP contribution in [0, 0.1) is 0 Å². The molecule has 7 heteroatoms. The van der Waals surface area contributed by atoms with Gasteiger partial charge in [0.05, 0.1) is 19.3 Å². The number of rotatable bonds is 6. The fraction of sp³-hybridized carbons (Fsp3) is 0.550. The van der Waals surface area contributed by atoms with Crippen molar-refractivity contribution in [2.45, 2.75) is 70.7 Å². The molecular formula is C20H27N5O2. The fourth-order valence-electron chi connectivity index (χ4n) is 3.86. The molecule has 27 heavy (non-hydrogen) atoms. The maximum absolute atomic E-state index is 12.2. The summed E-state index contributed by atoms with van der Waals surface area (Å²) in [5.74, 6) is 1.82. The Balaban J connectivity index is 1.26. The lowest BCUT2D eigenvalue weighted by molar-refractivity contribution is 0.0169. The standard InChI is InChI=1S/C20H27N5O2/c26-20(21-13-19-24-23-18-10-5-11-25(18)19)22-16-7-4-6-15(12-16)14-27-17-8-2-1-3-9-17/h4,6-7,12,17H,1-3,5,8-11,13-14H2,(H2,21,22,26). The van der Waals surface area contributed by atoms with Crippen LogP contribution in [-0.4, -0.2) is 26.9 Å². The molecule has 0 atom stereocenters. The molecule has 0 saturated heterocycles. The Kier molecular flexibility index (Phi) is 5.67. The van der Waals surface area contributed by atoms with Crippen molar-refractivity contribution in [2.24, 2.45) is 0 Å². The maximum Gasteiger partial charge on any atom is 0.319 e. The van der Waals surface area contributed by atoms with E-state index in [1.807, 2.05) is 24.3 Å². The highest BCUT2D eigenvalue weighted by Gasteiger charge is 2.17. The first-order valence-electron chi connectivity index (χ1n) is 9.94. The largest absolute Gasteiger partial charge is 0.374 e. The van der Waals surface area contributed by atoms with Gasteiger partial charge < -0.3 is 19.9 Å². The zero-order valence-corrected chi connectivity index (χ0v) is 15.6. The predicted octanol–water partition coefficient (Wildman–Crippen LogP) is 3.40. The van der Waals surface area contributed by atoms with Crippen LogP contribution in [-0.2, 0) is 30.9 Å². The van der Waals surface area contributed by atoms with Gasteiger partial charge in [-0.25, -0.2) is 4.79 Å². The second kappa shape index (κ2) is 8.52. The number of benzene rings is 1. The van der Waals surface area contributed by atoms with Crippen LogP contribution < -0.4 is 10.6 Å². The van der Waals surface area contributed by atoms with Crippen LogP contribution in [0.1, 0.15) is 55.7 Å². The van der Waals surface area contributed by atoms with Gasteiger partial charge in [0.25, 0.3) is 0 Å². The van der Waals surface area contributed by atoms with E-state index in [-0.39, 0.29) is 6.03 Å². The van der Waals surface area contributed by atoms with Crippen LogP contribution in [0.25, 0.3) is 0 Å². The highest BCUT2D eigenvalue weighted by Crippen LogP contribution is 2.22. The number of fused-ring (bicyclic) bond motifs is 1. The van der Waals surface area contributed by atoms with Gasteiger partial charge >= 0.3 is 6.03 Å². The van der Waals surface area contributed by atoms with E-state index in [0.717, 1.165) is 55.1 Å². The molecule has 0 bridgehead atoms. The Labute approximate surface area is 159 Å². The molecule has 2 aromatic rings. The average molecular weight is 369 g/mol. The summed E-state index contributed by atoms with van der Waals surface area (Å²) < 4.78 is 8.11. The van der Waals surface area contributed by atoms with E-state index >= 15 is 0 Å². The number of carbonyl (C=O) groups excluding carboxylic acids is 1. The molecule has 2 heterocycles. The number of nitrogens with one attached hydrogen (secondary N) is 2. The summed E-state index contributed by atoms with van der Waals surface area (Å²) in [6, 6.07) is 7.59. The first-order chi connectivity index (χ1) is 13.3. The Bertz CT molecular complexity index is 782. The van der Waals surface area contributed by atoms with Gasteiger partial charge in [-0.1, -0.05) is 31.4 Å². The van der Waals surface area contributed by atoms with Crippen molar-refractivity contribution in [3.05, 3.63) is 41.5 Å². The molecule has 2 amide bonds. The molecule has 144 valence electrons. The number of hydrogen-bond donors (Lipinski definition) is 2. The summed E-state index contributed by atoms with van der Waals surface area (Å²) in [5.41, 5.74) is 1.84. The Morgan fingerprint density at radius 2 is 2.07 bits per heavy atom. The fourth-order valence-corrected chi connectivity index (χ4v) is 3.86. The zero-order valence-electron chi connectivity index (χ0n) is 15.6. The van der Waals surface area contributed by atoms with Gasteiger partial charge in [0.15, 0.2) is 5.82 Å². The number of aromatic nitrogens is 3. The first-order valence-corrected chi connectivity index (χ1v) is 9.94. The molecule has 1 aliphatic carbocycles. The molecule has 0 unspecified atom stereocenters. The molecule has 7 nitrogen and oxygen atoms in total. The number of anilines is 1. The Hall–Kier alpha value is -2.41. The van der Waals surface area contributed by atoms with Crippen molar-refractivity contribution in [3.8, 4) is 0 Å². The Morgan fingerprint density at radius 1 is 1.19 bits per heavy atom. The number of amides is 2. The van der Waals surface area contributed by atoms with Crippen molar-refractivity contribution >= 4 is 11.7 Å². The second-order valence-corrected chi connectivity index (χ2v) is 7.37. The van der Waals surface area contributed by atoms with E-state index in [9.17, 15) is 4.79 Å². The van der Waals surface area contributed by atoms with Gasteiger partial charge in [0.2, 0.25) is 0 Å². The van der Waals surface area contributed by atoms with E-state index < -0.39 is 0 Å². The van der Waals surface area contributed by atoms with Crippen molar-refractivity contribution in [1.29, 1.82) is 0 Å². The van der Waals surface area contributed by atoms with Gasteiger partial charge in [-0.15, -0.1) is 10.2 Å². The molecule has 1 fully saturated rings. The van der Waals surface area contributed by atoms with Crippen molar-refractivity contribution in [3.63, 3.8) is 0 Å². The lowest BCUT2D eigenvalue weighted by atomic mass is 9.98. The molecule has 2 N–H and O–H groups in total. The van der Waals surface area contributed by atoms with E-state index in [4.69, 9.17) is 4.74 Å². The van der Waals surface area contributed by atoms with E-state index in [0.29, 0.717) is 19.3 Å². The van der Waals surface area contributed by atoms with Gasteiger partial charge in [-0.3, -0.25) is 0 Å². The molecule has 1 aromatic carbocycles. The number of urea groups is 1. The maximum atomic E-state index is 12.2. The van der Waals surface area contributed by atoms with Gasteiger partial charge in [0, 0.05) is 18.7 Å². The number of hydrogen-bond acceptors (Lipinski definition) is 4. The van der Waals surface area contributed by atoms with Crippen LogP contribution in [0.3, 0.4) is 0 Å². The summed E-state index contributed by atoms with van der Waals surface area (Å²) in [6.45, 7) is 1.90. The number of carbonyl (C=O) groups is 1. The van der Waals surface area contributed by atoms with Crippen LogP contribution in [0.2, 0.25) is 0 Å². The minimum Gasteiger partial charge on any atom is -0.374 e. The van der Waals surface area contributed by atoms with Crippen LogP contribution in [0.4, 0.5) is 10.5 Å².